The number of nitrogens with zero attached hydrogens (tertiary/aromatic N) is 1. The summed E-state index contributed by atoms with van der Waals surface area (Å²) in [5, 5.41) is 2.87. The maximum Gasteiger partial charge on any atom is 0.308 e. The second kappa shape index (κ2) is 39.6. The summed E-state index contributed by atoms with van der Waals surface area (Å²) in [5.41, 5.74) is 0. The van der Waals surface area contributed by atoms with Gasteiger partial charge in [-0.25, -0.2) is 0 Å². The Labute approximate surface area is 367 Å². The zero-order valence-corrected chi connectivity index (χ0v) is 39.4. The van der Waals surface area contributed by atoms with Crippen LogP contribution in [0, 0.1) is 23.7 Å². The van der Waals surface area contributed by atoms with Gasteiger partial charge in [0, 0.05) is 26.2 Å². The average molecular weight is 853 g/mol. The lowest BCUT2D eigenvalue weighted by Gasteiger charge is -2.37. The first-order chi connectivity index (χ1) is 29.3. The van der Waals surface area contributed by atoms with Gasteiger partial charge in [0.25, 0.3) is 0 Å². The summed E-state index contributed by atoms with van der Waals surface area (Å²) in [5.74, 6) is -1.35. The normalized spacial score (nSPS) is 14.6. The van der Waals surface area contributed by atoms with Crippen molar-refractivity contribution < 1.29 is 42.9 Å². The molecule has 2 atom stereocenters. The minimum atomic E-state index is -0.455. The standard InChI is InChI=1S/C49H92N2O9/c1-6-11-15-19-21-25-29-43(27-23-17-13-8-3)48(54)59-40-42(41-60-49(55)44(28-24-18-14-9-4)30-26-22-20-16-12-7-2)39-58-46(52)31-33-56-35-36-57-34-32-51-37-45(38-51)47(53)50-10-5/h42-45H,6-41H2,1-5H3,(H,50,53). The van der Waals surface area contributed by atoms with Crippen LogP contribution in [-0.2, 0) is 42.9 Å². The summed E-state index contributed by atoms with van der Waals surface area (Å²) < 4.78 is 28.9. The number of nitrogens with one attached hydrogen (secondary N) is 1. The third-order valence-electron chi connectivity index (χ3n) is 11.7. The van der Waals surface area contributed by atoms with Crippen LogP contribution in [0.5, 0.6) is 0 Å². The van der Waals surface area contributed by atoms with Gasteiger partial charge in [0.05, 0.1) is 56.5 Å². The summed E-state index contributed by atoms with van der Waals surface area (Å²) in [7, 11) is 0. The molecule has 1 aliphatic heterocycles. The Morgan fingerprint density at radius 1 is 0.517 bits per heavy atom. The van der Waals surface area contributed by atoms with Crippen LogP contribution in [0.3, 0.4) is 0 Å². The number of hydrogen-bond donors (Lipinski definition) is 1. The number of hydrogen-bond acceptors (Lipinski definition) is 10. The van der Waals surface area contributed by atoms with Crippen molar-refractivity contribution >= 4 is 23.8 Å². The second-order valence-electron chi connectivity index (χ2n) is 17.3. The maximum atomic E-state index is 13.5. The highest BCUT2D eigenvalue weighted by Gasteiger charge is 2.31. The number of esters is 3. The minimum absolute atomic E-state index is 0.00282. The Balaban J connectivity index is 2.71. The molecule has 60 heavy (non-hydrogen) atoms. The molecule has 0 radical (unpaired) electrons. The predicted octanol–water partition coefficient (Wildman–Crippen LogP) is 10.4. The average Bonchev–Trinajstić information content (AvgIpc) is 3.22. The molecule has 0 bridgehead atoms. The van der Waals surface area contributed by atoms with Crippen LogP contribution in [0.15, 0.2) is 0 Å². The summed E-state index contributed by atoms with van der Waals surface area (Å²) in [6, 6.07) is 0. The van der Waals surface area contributed by atoms with Gasteiger partial charge in [-0.05, 0) is 32.6 Å². The molecular weight excluding hydrogens is 761 g/mol. The number of likely N-dealkylation sites (tertiary alicyclic amines) is 1. The number of amides is 1. The van der Waals surface area contributed by atoms with Crippen LogP contribution in [-0.4, -0.2) is 101 Å². The number of carbonyl (C=O) groups excluding carboxylic acids is 4. The molecule has 0 aromatic rings. The molecule has 11 heteroatoms. The number of unbranched alkanes of at least 4 members (excludes halogenated alkanes) is 16. The number of carbonyl (C=O) groups is 4. The van der Waals surface area contributed by atoms with Crippen molar-refractivity contribution in [3.8, 4) is 0 Å². The Bertz CT molecular complexity index is 1010. The van der Waals surface area contributed by atoms with Crippen LogP contribution in [0.25, 0.3) is 0 Å². The largest absolute Gasteiger partial charge is 0.465 e. The van der Waals surface area contributed by atoms with Gasteiger partial charge in [-0.3, -0.25) is 24.1 Å². The molecule has 1 saturated heterocycles. The molecule has 0 aliphatic carbocycles. The van der Waals surface area contributed by atoms with Crippen molar-refractivity contribution in [1.29, 1.82) is 0 Å². The summed E-state index contributed by atoms with van der Waals surface area (Å²) in [6.45, 7) is 15.3. The first kappa shape index (κ1) is 55.8. The van der Waals surface area contributed by atoms with Gasteiger partial charge in [0.1, 0.15) is 19.8 Å². The lowest BCUT2D eigenvalue weighted by molar-refractivity contribution is -0.158. The summed E-state index contributed by atoms with van der Waals surface area (Å²) >= 11 is 0. The van der Waals surface area contributed by atoms with Crippen LogP contribution < -0.4 is 5.32 Å². The molecule has 0 spiro atoms. The quantitative estimate of drug-likeness (QED) is 0.0359. The number of rotatable bonds is 43. The van der Waals surface area contributed by atoms with E-state index in [1.807, 2.05) is 6.92 Å². The van der Waals surface area contributed by atoms with Crippen molar-refractivity contribution in [2.45, 2.75) is 195 Å². The van der Waals surface area contributed by atoms with Crippen molar-refractivity contribution in [1.82, 2.24) is 10.2 Å². The topological polar surface area (TPSA) is 130 Å². The van der Waals surface area contributed by atoms with E-state index in [4.69, 9.17) is 23.7 Å². The van der Waals surface area contributed by atoms with Gasteiger partial charge in [-0.15, -0.1) is 0 Å². The maximum absolute atomic E-state index is 13.5. The van der Waals surface area contributed by atoms with Gasteiger partial charge < -0.3 is 29.0 Å². The summed E-state index contributed by atoms with van der Waals surface area (Å²) in [4.78, 5) is 53.9. The van der Waals surface area contributed by atoms with Crippen molar-refractivity contribution in [2.75, 3.05) is 72.4 Å². The third-order valence-corrected chi connectivity index (χ3v) is 11.7. The van der Waals surface area contributed by atoms with E-state index in [0.717, 1.165) is 122 Å². The lowest BCUT2D eigenvalue weighted by atomic mass is 9.94. The van der Waals surface area contributed by atoms with Crippen LogP contribution in [0.1, 0.15) is 195 Å². The Kier molecular flexibility index (Phi) is 36.8. The zero-order chi connectivity index (χ0) is 43.9. The van der Waals surface area contributed by atoms with E-state index in [-0.39, 0.29) is 68.4 Å². The van der Waals surface area contributed by atoms with E-state index in [9.17, 15) is 19.2 Å². The Hall–Kier alpha value is -2.24. The first-order valence-corrected chi connectivity index (χ1v) is 24.9. The lowest BCUT2D eigenvalue weighted by Crippen LogP contribution is -2.54. The monoisotopic (exact) mass is 853 g/mol. The van der Waals surface area contributed by atoms with E-state index < -0.39 is 11.9 Å². The smallest absolute Gasteiger partial charge is 0.308 e. The van der Waals surface area contributed by atoms with Gasteiger partial charge >= 0.3 is 17.9 Å². The fourth-order valence-electron chi connectivity index (χ4n) is 7.71. The molecular formula is C49H92N2O9. The zero-order valence-electron chi connectivity index (χ0n) is 39.4. The SMILES string of the molecule is CCCCCCCCC(CCCCCC)C(=O)OCC(COC(=O)CCOCCOCCN1CC(C(=O)NCC)C1)COC(=O)C(CCCCCC)CCCCCCCC. The predicted molar refractivity (Wildman–Crippen MR) is 242 cm³/mol. The summed E-state index contributed by atoms with van der Waals surface area (Å²) in [6.07, 6.45) is 26.3. The highest BCUT2D eigenvalue weighted by molar-refractivity contribution is 5.80. The Morgan fingerprint density at radius 3 is 1.37 bits per heavy atom. The van der Waals surface area contributed by atoms with Crippen LogP contribution in [0.4, 0.5) is 0 Å². The fraction of sp³-hybridized carbons (Fsp3) is 0.918. The molecule has 11 nitrogen and oxygen atoms in total. The molecule has 1 rings (SSSR count). The van der Waals surface area contributed by atoms with Gasteiger partial charge in [-0.1, -0.05) is 156 Å². The van der Waals surface area contributed by atoms with Crippen molar-refractivity contribution in [3.63, 3.8) is 0 Å². The van der Waals surface area contributed by atoms with E-state index in [1.165, 1.54) is 51.4 Å². The van der Waals surface area contributed by atoms with E-state index in [2.05, 4.69) is 37.9 Å². The third kappa shape index (κ3) is 29.9. The van der Waals surface area contributed by atoms with Gasteiger partial charge in [0.15, 0.2) is 0 Å². The van der Waals surface area contributed by atoms with Crippen LogP contribution in [0.2, 0.25) is 0 Å². The van der Waals surface area contributed by atoms with E-state index in [1.54, 1.807) is 0 Å². The molecule has 0 aromatic carbocycles. The van der Waals surface area contributed by atoms with E-state index >= 15 is 0 Å². The van der Waals surface area contributed by atoms with Gasteiger partial charge in [-0.2, -0.15) is 0 Å². The van der Waals surface area contributed by atoms with Crippen molar-refractivity contribution in [2.24, 2.45) is 23.7 Å². The minimum Gasteiger partial charge on any atom is -0.465 e. The molecule has 352 valence electrons. The highest BCUT2D eigenvalue weighted by Crippen LogP contribution is 2.23. The number of ether oxygens (including phenoxy) is 5. The molecule has 1 aliphatic rings. The molecule has 1 heterocycles. The molecule has 0 aromatic heterocycles. The van der Waals surface area contributed by atoms with Gasteiger partial charge in [0.2, 0.25) is 5.91 Å². The molecule has 1 fully saturated rings. The molecule has 1 N–H and O–H groups in total. The fourth-order valence-corrected chi connectivity index (χ4v) is 7.71. The van der Waals surface area contributed by atoms with Crippen molar-refractivity contribution in [3.05, 3.63) is 0 Å². The molecule has 0 saturated carbocycles. The Morgan fingerprint density at radius 2 is 0.917 bits per heavy atom. The first-order valence-electron chi connectivity index (χ1n) is 24.9. The highest BCUT2D eigenvalue weighted by atomic mass is 16.6. The second-order valence-corrected chi connectivity index (χ2v) is 17.3. The molecule has 1 amide bonds. The van der Waals surface area contributed by atoms with Crippen LogP contribution >= 0.6 is 0 Å². The van der Waals surface area contributed by atoms with E-state index in [0.29, 0.717) is 26.4 Å². The molecule has 2 unspecified atom stereocenters.